The Morgan fingerprint density at radius 2 is 1.90 bits per heavy atom. The molecule has 1 aliphatic heterocycles. The van der Waals surface area contributed by atoms with Crippen LogP contribution in [-0.2, 0) is 4.79 Å². The molecular weight excluding hydrogens is 252 g/mol. The van der Waals surface area contributed by atoms with Crippen LogP contribution in [0.5, 0.6) is 0 Å². The van der Waals surface area contributed by atoms with E-state index < -0.39 is 0 Å². The van der Waals surface area contributed by atoms with E-state index in [4.69, 9.17) is 5.11 Å². The summed E-state index contributed by atoms with van der Waals surface area (Å²) >= 11 is 0. The molecule has 4 heteroatoms. The third kappa shape index (κ3) is 5.41. The number of amides is 1. The number of carbonyl (C=O) groups is 1. The van der Waals surface area contributed by atoms with Gasteiger partial charge in [-0.3, -0.25) is 4.79 Å². The first-order valence-electron chi connectivity index (χ1n) is 8.25. The van der Waals surface area contributed by atoms with E-state index in [0.717, 1.165) is 32.5 Å². The van der Waals surface area contributed by atoms with Gasteiger partial charge in [0.15, 0.2) is 0 Å². The minimum absolute atomic E-state index is 0.161. The van der Waals surface area contributed by atoms with Crippen molar-refractivity contribution in [3.8, 4) is 0 Å². The van der Waals surface area contributed by atoms with Crippen LogP contribution >= 0.6 is 0 Å². The van der Waals surface area contributed by atoms with Gasteiger partial charge in [0.25, 0.3) is 0 Å². The van der Waals surface area contributed by atoms with Gasteiger partial charge in [0, 0.05) is 26.2 Å². The van der Waals surface area contributed by atoms with E-state index >= 15 is 0 Å². The Morgan fingerprint density at radius 3 is 2.50 bits per heavy atom. The van der Waals surface area contributed by atoms with Crippen molar-refractivity contribution in [3.05, 3.63) is 0 Å². The fraction of sp³-hybridized carbons (Fsp3) is 0.938. The smallest absolute Gasteiger partial charge is 0.229 e. The number of nitrogens with one attached hydrogen (secondary N) is 1. The van der Waals surface area contributed by atoms with Gasteiger partial charge in [0.2, 0.25) is 5.91 Å². The van der Waals surface area contributed by atoms with E-state index in [1.807, 2.05) is 4.90 Å². The highest BCUT2D eigenvalue weighted by molar-refractivity contribution is 5.83. The van der Waals surface area contributed by atoms with E-state index in [2.05, 4.69) is 19.2 Å². The molecule has 1 aliphatic rings. The van der Waals surface area contributed by atoms with Crippen molar-refractivity contribution >= 4 is 5.91 Å². The van der Waals surface area contributed by atoms with Gasteiger partial charge in [0.1, 0.15) is 0 Å². The number of unbranched alkanes of at least 4 members (excludes halogenated alkanes) is 4. The largest absolute Gasteiger partial charge is 0.396 e. The van der Waals surface area contributed by atoms with E-state index in [-0.39, 0.29) is 17.9 Å². The maximum absolute atomic E-state index is 12.7. The summed E-state index contributed by atoms with van der Waals surface area (Å²) in [6.07, 6.45) is 7.69. The van der Waals surface area contributed by atoms with E-state index in [9.17, 15) is 4.79 Å². The maximum Gasteiger partial charge on any atom is 0.229 e. The summed E-state index contributed by atoms with van der Waals surface area (Å²) in [5.74, 6) is 0.270. The summed E-state index contributed by atoms with van der Waals surface area (Å²) in [5, 5.41) is 12.3. The highest BCUT2D eigenvalue weighted by atomic mass is 16.3. The van der Waals surface area contributed by atoms with Crippen LogP contribution < -0.4 is 5.32 Å². The maximum atomic E-state index is 12.7. The SMILES string of the molecule is CCCCCCCN(CCCO)C(=O)C1(C)CCNC1. The summed E-state index contributed by atoms with van der Waals surface area (Å²) < 4.78 is 0. The predicted molar refractivity (Wildman–Crippen MR) is 82.6 cm³/mol. The van der Waals surface area contributed by atoms with Gasteiger partial charge in [0.05, 0.1) is 5.41 Å². The molecule has 0 spiro atoms. The van der Waals surface area contributed by atoms with Crippen LogP contribution in [-0.4, -0.2) is 48.7 Å². The van der Waals surface area contributed by atoms with Gasteiger partial charge in [-0.15, -0.1) is 0 Å². The molecule has 0 saturated carbocycles. The van der Waals surface area contributed by atoms with Crippen LogP contribution in [0.15, 0.2) is 0 Å². The summed E-state index contributed by atoms with van der Waals surface area (Å²) in [6, 6.07) is 0. The van der Waals surface area contributed by atoms with Crippen molar-refractivity contribution in [2.45, 2.75) is 58.8 Å². The Morgan fingerprint density at radius 1 is 1.20 bits per heavy atom. The van der Waals surface area contributed by atoms with Crippen LogP contribution in [0.1, 0.15) is 58.8 Å². The molecule has 2 N–H and O–H groups in total. The lowest BCUT2D eigenvalue weighted by Gasteiger charge is -2.31. The van der Waals surface area contributed by atoms with Crippen molar-refractivity contribution < 1.29 is 9.90 Å². The quantitative estimate of drug-likeness (QED) is 0.605. The van der Waals surface area contributed by atoms with Crippen molar-refractivity contribution in [1.29, 1.82) is 0 Å². The standard InChI is InChI=1S/C16H32N2O2/c1-3-4-5-6-7-11-18(12-8-13-19)15(20)16(2)9-10-17-14-16/h17,19H,3-14H2,1-2H3. The van der Waals surface area contributed by atoms with Crippen LogP contribution in [0.25, 0.3) is 0 Å². The number of nitrogens with zero attached hydrogens (tertiary/aromatic N) is 1. The molecule has 1 fully saturated rings. The summed E-state index contributed by atoms with van der Waals surface area (Å²) in [7, 11) is 0. The molecule has 1 atom stereocenters. The number of rotatable bonds is 10. The number of hydrogen-bond acceptors (Lipinski definition) is 3. The minimum Gasteiger partial charge on any atom is -0.396 e. The Balaban J connectivity index is 2.43. The highest BCUT2D eigenvalue weighted by Crippen LogP contribution is 2.27. The van der Waals surface area contributed by atoms with Crippen molar-refractivity contribution in [1.82, 2.24) is 10.2 Å². The molecule has 0 radical (unpaired) electrons. The summed E-state index contributed by atoms with van der Waals surface area (Å²) in [5.41, 5.74) is -0.237. The second kappa shape index (κ2) is 9.35. The third-order valence-corrected chi connectivity index (χ3v) is 4.29. The molecule has 0 bridgehead atoms. The monoisotopic (exact) mass is 284 g/mol. The molecule has 1 heterocycles. The molecule has 0 aromatic rings. The highest BCUT2D eigenvalue weighted by Gasteiger charge is 2.38. The molecule has 1 saturated heterocycles. The predicted octanol–water partition coefficient (Wildman–Crippen LogP) is 2.17. The molecule has 1 rings (SSSR count). The van der Waals surface area contributed by atoms with Crippen molar-refractivity contribution in [2.24, 2.45) is 5.41 Å². The lowest BCUT2D eigenvalue weighted by molar-refractivity contribution is -0.140. The van der Waals surface area contributed by atoms with Crippen molar-refractivity contribution in [3.63, 3.8) is 0 Å². The van der Waals surface area contributed by atoms with Crippen LogP contribution in [0.3, 0.4) is 0 Å². The molecule has 0 aromatic carbocycles. The average molecular weight is 284 g/mol. The molecule has 1 amide bonds. The van der Waals surface area contributed by atoms with Gasteiger partial charge in [-0.05, 0) is 32.7 Å². The average Bonchev–Trinajstić information content (AvgIpc) is 2.89. The van der Waals surface area contributed by atoms with Gasteiger partial charge >= 0.3 is 0 Å². The molecule has 1 unspecified atom stereocenters. The Kier molecular flexibility index (Phi) is 8.15. The Bertz CT molecular complexity index is 276. The summed E-state index contributed by atoms with van der Waals surface area (Å²) in [6.45, 7) is 7.71. The second-order valence-corrected chi connectivity index (χ2v) is 6.27. The normalized spacial score (nSPS) is 22.1. The zero-order valence-corrected chi connectivity index (χ0v) is 13.3. The topological polar surface area (TPSA) is 52.6 Å². The van der Waals surface area contributed by atoms with E-state index in [0.29, 0.717) is 13.0 Å². The minimum atomic E-state index is -0.237. The van der Waals surface area contributed by atoms with E-state index in [1.54, 1.807) is 0 Å². The van der Waals surface area contributed by atoms with Crippen molar-refractivity contribution in [2.75, 3.05) is 32.8 Å². The van der Waals surface area contributed by atoms with Gasteiger partial charge in [-0.25, -0.2) is 0 Å². The summed E-state index contributed by atoms with van der Waals surface area (Å²) in [4.78, 5) is 14.7. The first-order valence-corrected chi connectivity index (χ1v) is 8.25. The lowest BCUT2D eigenvalue weighted by Crippen LogP contribution is -2.44. The Labute approximate surface area is 123 Å². The third-order valence-electron chi connectivity index (χ3n) is 4.29. The molecule has 0 aromatic heterocycles. The Hall–Kier alpha value is -0.610. The van der Waals surface area contributed by atoms with Gasteiger partial charge in [-0.1, -0.05) is 32.6 Å². The number of aliphatic hydroxyl groups excluding tert-OH is 1. The fourth-order valence-electron chi connectivity index (χ4n) is 2.86. The lowest BCUT2D eigenvalue weighted by atomic mass is 9.88. The molecule has 0 aliphatic carbocycles. The zero-order valence-electron chi connectivity index (χ0n) is 13.3. The zero-order chi connectivity index (χ0) is 14.8. The van der Waals surface area contributed by atoms with Crippen LogP contribution in [0.2, 0.25) is 0 Å². The number of aliphatic hydroxyl groups is 1. The van der Waals surface area contributed by atoms with Gasteiger partial charge in [-0.2, -0.15) is 0 Å². The molecule has 118 valence electrons. The molecular formula is C16H32N2O2. The van der Waals surface area contributed by atoms with Gasteiger partial charge < -0.3 is 15.3 Å². The number of carbonyl (C=O) groups excluding carboxylic acids is 1. The second-order valence-electron chi connectivity index (χ2n) is 6.27. The molecule has 4 nitrogen and oxygen atoms in total. The molecule has 20 heavy (non-hydrogen) atoms. The first kappa shape index (κ1) is 17.4. The van der Waals surface area contributed by atoms with E-state index in [1.165, 1.54) is 25.7 Å². The fourth-order valence-corrected chi connectivity index (χ4v) is 2.86. The van der Waals surface area contributed by atoms with Crippen LogP contribution in [0, 0.1) is 5.41 Å². The van der Waals surface area contributed by atoms with Crippen LogP contribution in [0.4, 0.5) is 0 Å². The number of hydrogen-bond donors (Lipinski definition) is 2. The first-order chi connectivity index (χ1) is 9.64.